The van der Waals surface area contributed by atoms with Crippen LogP contribution in [0.25, 0.3) is 0 Å². The molecule has 0 aliphatic carbocycles. The van der Waals surface area contributed by atoms with Crippen molar-refractivity contribution >= 4 is 46.1 Å². The van der Waals surface area contributed by atoms with Gasteiger partial charge in [-0.3, -0.25) is 10.2 Å². The zero-order chi connectivity index (χ0) is 20.8. The molecule has 1 amide bonds. The summed E-state index contributed by atoms with van der Waals surface area (Å²) >= 11 is 2.78. The van der Waals surface area contributed by atoms with Gasteiger partial charge in [0.2, 0.25) is 0 Å². The average molecular weight is 428 g/mol. The van der Waals surface area contributed by atoms with Crippen molar-refractivity contribution < 1.29 is 14.3 Å². The van der Waals surface area contributed by atoms with Crippen LogP contribution in [0.3, 0.4) is 0 Å². The Bertz CT molecular complexity index is 975. The summed E-state index contributed by atoms with van der Waals surface area (Å²) in [5.74, 6) is -0.569. The average Bonchev–Trinajstić information content (AvgIpc) is 2.74. The summed E-state index contributed by atoms with van der Waals surface area (Å²) in [6, 6.07) is 14.8. The highest BCUT2D eigenvalue weighted by Crippen LogP contribution is 2.29. The second kappa shape index (κ2) is 9.67. The number of thioether (sulfide) groups is 2. The summed E-state index contributed by atoms with van der Waals surface area (Å²) in [7, 11) is 1.33. The number of nitrogens with one attached hydrogen (secondary N) is 2. The van der Waals surface area contributed by atoms with Crippen LogP contribution in [0.5, 0.6) is 0 Å². The van der Waals surface area contributed by atoms with Gasteiger partial charge in [-0.25, -0.2) is 4.79 Å². The van der Waals surface area contributed by atoms with E-state index in [2.05, 4.69) is 5.32 Å². The van der Waals surface area contributed by atoms with Gasteiger partial charge in [0.15, 0.2) is 0 Å². The Morgan fingerprint density at radius 3 is 2.86 bits per heavy atom. The molecule has 8 heteroatoms. The Balaban J connectivity index is 1.77. The van der Waals surface area contributed by atoms with Crippen LogP contribution < -0.4 is 5.32 Å². The smallest absolute Gasteiger partial charge is 0.337 e. The number of anilines is 1. The van der Waals surface area contributed by atoms with Crippen LogP contribution in [0.15, 0.2) is 64.5 Å². The number of ether oxygens (including phenoxy) is 1. The number of esters is 1. The lowest BCUT2D eigenvalue weighted by Crippen LogP contribution is -2.39. The largest absolute Gasteiger partial charge is 0.465 e. The lowest BCUT2D eigenvalue weighted by atomic mass is 10.1. The number of methoxy groups -OCH3 is 1. The molecule has 1 saturated heterocycles. The topological polar surface area (TPSA) is 82.5 Å². The Morgan fingerprint density at radius 1 is 1.31 bits per heavy atom. The fourth-order valence-electron chi connectivity index (χ4n) is 2.87. The van der Waals surface area contributed by atoms with Crippen LogP contribution in [-0.2, 0) is 16.1 Å². The maximum absolute atomic E-state index is 12.9. The molecule has 0 bridgehead atoms. The third-order valence-electron chi connectivity index (χ3n) is 4.25. The molecule has 6 nitrogen and oxygen atoms in total. The highest BCUT2D eigenvalue weighted by Gasteiger charge is 2.27. The number of para-hydroxylation sites is 1. The molecule has 2 aromatic rings. The summed E-state index contributed by atoms with van der Waals surface area (Å²) in [5.41, 5.74) is 2.15. The number of hydrogen-bond acceptors (Lipinski definition) is 7. The zero-order valence-corrected chi connectivity index (χ0v) is 17.7. The minimum atomic E-state index is -0.419. The van der Waals surface area contributed by atoms with Crippen molar-refractivity contribution in [3.63, 3.8) is 0 Å². The monoisotopic (exact) mass is 427 g/mol. The number of rotatable bonds is 6. The van der Waals surface area contributed by atoms with Crippen molar-refractivity contribution in [2.24, 2.45) is 0 Å². The van der Waals surface area contributed by atoms with Gasteiger partial charge >= 0.3 is 5.97 Å². The van der Waals surface area contributed by atoms with E-state index in [1.165, 1.54) is 7.11 Å². The molecule has 1 aliphatic rings. The molecule has 0 radical (unpaired) electrons. The number of amides is 1. The molecule has 0 atom stereocenters. The molecule has 0 unspecified atom stereocenters. The van der Waals surface area contributed by atoms with E-state index < -0.39 is 5.97 Å². The Hall–Kier alpha value is -2.71. The third-order valence-corrected chi connectivity index (χ3v) is 5.94. The van der Waals surface area contributed by atoms with Gasteiger partial charge < -0.3 is 15.0 Å². The van der Waals surface area contributed by atoms with Crippen molar-refractivity contribution in [1.82, 2.24) is 4.90 Å². The van der Waals surface area contributed by atoms with Crippen LogP contribution in [0.4, 0.5) is 5.69 Å². The summed E-state index contributed by atoms with van der Waals surface area (Å²) in [5, 5.41) is 11.7. The molecule has 0 aromatic heterocycles. The molecule has 0 saturated carbocycles. The first kappa shape index (κ1) is 21.0. The number of carbonyl (C=O) groups is 2. The highest BCUT2D eigenvalue weighted by molar-refractivity contribution is 8.18. The highest BCUT2D eigenvalue weighted by atomic mass is 32.2. The maximum atomic E-state index is 12.9. The Kier molecular flexibility index (Phi) is 7.00. The molecular weight excluding hydrogens is 406 g/mol. The standard InChI is InChI=1S/C21H21N3O3S2/c1-27-21(26)15-7-5-6-14(10-15)12-24-13-19(22)29-18(20(24)25)11-23-16-8-3-4-9-17(16)28-2/h3-11,22-23H,12-13H2,1-2H3/b18-11+,22-19?. The predicted octanol–water partition coefficient (Wildman–Crippen LogP) is 4.20. The zero-order valence-electron chi connectivity index (χ0n) is 16.1. The summed E-state index contributed by atoms with van der Waals surface area (Å²) in [4.78, 5) is 27.8. The third kappa shape index (κ3) is 5.21. The van der Waals surface area contributed by atoms with Crippen molar-refractivity contribution in [3.05, 3.63) is 70.8 Å². The second-order valence-electron chi connectivity index (χ2n) is 6.23. The van der Waals surface area contributed by atoms with Gasteiger partial charge in [0.05, 0.1) is 34.9 Å². The molecule has 2 aromatic carbocycles. The molecule has 1 aliphatic heterocycles. The van der Waals surface area contributed by atoms with E-state index in [4.69, 9.17) is 10.1 Å². The summed E-state index contributed by atoms with van der Waals surface area (Å²) in [6.45, 7) is 0.552. The Labute approximate surface area is 178 Å². The van der Waals surface area contributed by atoms with Gasteiger partial charge in [0, 0.05) is 17.6 Å². The van der Waals surface area contributed by atoms with Crippen molar-refractivity contribution in [1.29, 1.82) is 5.41 Å². The van der Waals surface area contributed by atoms with E-state index in [-0.39, 0.29) is 12.5 Å². The lowest BCUT2D eigenvalue weighted by Gasteiger charge is -2.28. The maximum Gasteiger partial charge on any atom is 0.337 e. The van der Waals surface area contributed by atoms with E-state index in [1.807, 2.05) is 36.6 Å². The molecule has 1 fully saturated rings. The van der Waals surface area contributed by atoms with E-state index in [0.29, 0.717) is 22.1 Å². The number of carbonyl (C=O) groups excluding carboxylic acids is 2. The molecule has 2 N–H and O–H groups in total. The van der Waals surface area contributed by atoms with Gasteiger partial charge in [-0.2, -0.15) is 0 Å². The van der Waals surface area contributed by atoms with Crippen LogP contribution >= 0.6 is 23.5 Å². The molecule has 29 heavy (non-hydrogen) atoms. The lowest BCUT2D eigenvalue weighted by molar-refractivity contribution is -0.126. The van der Waals surface area contributed by atoms with Crippen LogP contribution in [0.2, 0.25) is 0 Å². The van der Waals surface area contributed by atoms with E-state index in [9.17, 15) is 9.59 Å². The van der Waals surface area contributed by atoms with Crippen molar-refractivity contribution in [2.75, 3.05) is 25.2 Å². The normalized spacial score (nSPS) is 15.5. The summed E-state index contributed by atoms with van der Waals surface area (Å²) in [6.07, 6.45) is 3.65. The molecule has 3 rings (SSSR count). The van der Waals surface area contributed by atoms with Crippen LogP contribution in [-0.4, -0.2) is 41.7 Å². The summed E-state index contributed by atoms with van der Waals surface area (Å²) < 4.78 is 4.75. The van der Waals surface area contributed by atoms with Gasteiger partial charge in [-0.15, -0.1) is 11.8 Å². The van der Waals surface area contributed by atoms with Gasteiger partial charge in [-0.05, 0) is 36.1 Å². The van der Waals surface area contributed by atoms with Crippen LogP contribution in [0, 0.1) is 5.41 Å². The SMILES string of the molecule is COC(=O)c1cccc(CN2CC(=N)S/C(=C/Nc3ccccc3SC)C2=O)c1. The predicted molar refractivity (Wildman–Crippen MR) is 118 cm³/mol. The number of nitrogens with zero attached hydrogens (tertiary/aromatic N) is 1. The van der Waals surface area contributed by atoms with Gasteiger partial charge in [-0.1, -0.05) is 36.0 Å². The molecule has 1 heterocycles. The quantitative estimate of drug-likeness (QED) is 0.408. The van der Waals surface area contributed by atoms with Crippen molar-refractivity contribution in [3.8, 4) is 0 Å². The van der Waals surface area contributed by atoms with E-state index >= 15 is 0 Å². The minimum absolute atomic E-state index is 0.149. The first-order valence-electron chi connectivity index (χ1n) is 8.83. The van der Waals surface area contributed by atoms with E-state index in [1.54, 1.807) is 41.1 Å². The minimum Gasteiger partial charge on any atom is -0.465 e. The molecular formula is C21H21N3O3S2. The fourth-order valence-corrected chi connectivity index (χ4v) is 4.25. The van der Waals surface area contributed by atoms with Crippen molar-refractivity contribution in [2.45, 2.75) is 11.4 Å². The second-order valence-corrected chi connectivity index (χ2v) is 8.22. The number of benzene rings is 2. The van der Waals surface area contributed by atoms with Gasteiger partial charge in [0.1, 0.15) is 0 Å². The molecule has 150 valence electrons. The fraction of sp³-hybridized carbons (Fsp3) is 0.190. The van der Waals surface area contributed by atoms with E-state index in [0.717, 1.165) is 27.9 Å². The van der Waals surface area contributed by atoms with Gasteiger partial charge in [0.25, 0.3) is 5.91 Å². The Morgan fingerprint density at radius 2 is 2.10 bits per heavy atom. The first-order chi connectivity index (χ1) is 14.0. The first-order valence-corrected chi connectivity index (χ1v) is 10.9. The molecule has 0 spiro atoms. The number of hydrogen-bond donors (Lipinski definition) is 2. The van der Waals surface area contributed by atoms with Crippen LogP contribution in [0.1, 0.15) is 15.9 Å².